The van der Waals surface area contributed by atoms with Crippen molar-refractivity contribution in [3.05, 3.63) is 23.8 Å². The summed E-state index contributed by atoms with van der Waals surface area (Å²) in [6.45, 7) is 7.04. The molecule has 0 fully saturated rings. The van der Waals surface area contributed by atoms with Gasteiger partial charge in [-0.2, -0.15) is 0 Å². The van der Waals surface area contributed by atoms with Crippen LogP contribution >= 0.6 is 0 Å². The number of nitrogens with zero attached hydrogens (tertiary/aromatic N) is 1. The maximum Gasteiger partial charge on any atom is 0.224 e. The van der Waals surface area contributed by atoms with Crippen LogP contribution in [0.3, 0.4) is 0 Å². The Morgan fingerprint density at radius 1 is 1.29 bits per heavy atom. The number of aryl methyl sites for hydroxylation is 1. The van der Waals surface area contributed by atoms with Crippen LogP contribution in [0.2, 0.25) is 0 Å². The number of benzene rings is 1. The minimum absolute atomic E-state index is 0.0636. The van der Waals surface area contributed by atoms with E-state index < -0.39 is 0 Å². The van der Waals surface area contributed by atoms with E-state index in [4.69, 9.17) is 5.73 Å². The average molecular weight is 291 g/mol. The number of rotatable bonds is 7. The monoisotopic (exact) mass is 291 g/mol. The SMILES string of the molecule is Cc1ccc(NC(=O)CCC(C)(C)CCN)cc1N(C)C. The molecule has 0 atom stereocenters. The number of anilines is 2. The number of nitrogens with two attached hydrogens (primary N) is 1. The predicted octanol–water partition coefficient (Wildman–Crippen LogP) is 3.15. The van der Waals surface area contributed by atoms with Gasteiger partial charge in [-0.25, -0.2) is 0 Å². The zero-order valence-electron chi connectivity index (χ0n) is 14.0. The summed E-state index contributed by atoms with van der Waals surface area (Å²) in [5.74, 6) is 0.0636. The van der Waals surface area contributed by atoms with Gasteiger partial charge in [0.15, 0.2) is 0 Å². The van der Waals surface area contributed by atoms with E-state index in [1.807, 2.05) is 32.3 Å². The fraction of sp³-hybridized carbons (Fsp3) is 0.588. The lowest BCUT2D eigenvalue weighted by molar-refractivity contribution is -0.116. The number of carbonyl (C=O) groups is 1. The molecule has 3 N–H and O–H groups in total. The number of hydrogen-bond acceptors (Lipinski definition) is 3. The Morgan fingerprint density at radius 3 is 2.52 bits per heavy atom. The van der Waals surface area contributed by atoms with Crippen molar-refractivity contribution in [3.8, 4) is 0 Å². The third-order valence-electron chi connectivity index (χ3n) is 3.82. The lowest BCUT2D eigenvalue weighted by atomic mass is 9.84. The second-order valence-corrected chi connectivity index (χ2v) is 6.65. The molecular formula is C17H29N3O. The zero-order chi connectivity index (χ0) is 16.0. The van der Waals surface area contributed by atoms with Crippen LogP contribution in [0.25, 0.3) is 0 Å². The molecule has 4 heteroatoms. The summed E-state index contributed by atoms with van der Waals surface area (Å²) in [5, 5.41) is 2.98. The third-order valence-corrected chi connectivity index (χ3v) is 3.82. The Bertz CT molecular complexity index is 481. The Morgan fingerprint density at radius 2 is 1.95 bits per heavy atom. The van der Waals surface area contributed by atoms with Crippen LogP contribution in [0.4, 0.5) is 11.4 Å². The van der Waals surface area contributed by atoms with Crippen LogP contribution in [-0.2, 0) is 4.79 Å². The van der Waals surface area contributed by atoms with Gasteiger partial charge in [0, 0.05) is 31.9 Å². The molecule has 1 aromatic rings. The molecule has 0 saturated heterocycles. The lowest BCUT2D eigenvalue weighted by Gasteiger charge is -2.23. The van der Waals surface area contributed by atoms with Crippen molar-refractivity contribution in [2.24, 2.45) is 11.1 Å². The van der Waals surface area contributed by atoms with E-state index in [1.54, 1.807) is 0 Å². The standard InChI is InChI=1S/C17H29N3O/c1-13-6-7-14(12-15(13)20(4)5)19-16(21)8-9-17(2,3)10-11-18/h6-7,12H,8-11,18H2,1-5H3,(H,19,21). The highest BCUT2D eigenvalue weighted by molar-refractivity contribution is 5.91. The predicted molar refractivity (Wildman–Crippen MR) is 90.8 cm³/mol. The number of carbonyl (C=O) groups excluding carboxylic acids is 1. The topological polar surface area (TPSA) is 58.4 Å². The van der Waals surface area contributed by atoms with Crippen LogP contribution in [0, 0.1) is 12.3 Å². The van der Waals surface area contributed by atoms with E-state index in [-0.39, 0.29) is 11.3 Å². The van der Waals surface area contributed by atoms with Crippen LogP contribution in [-0.4, -0.2) is 26.5 Å². The second kappa shape index (κ2) is 7.46. The molecule has 4 nitrogen and oxygen atoms in total. The highest BCUT2D eigenvalue weighted by atomic mass is 16.1. The molecule has 0 bridgehead atoms. The Balaban J connectivity index is 2.61. The van der Waals surface area contributed by atoms with Crippen LogP contribution in [0.5, 0.6) is 0 Å². The molecule has 0 aromatic heterocycles. The number of hydrogen-bond donors (Lipinski definition) is 2. The van der Waals surface area contributed by atoms with E-state index >= 15 is 0 Å². The minimum Gasteiger partial charge on any atom is -0.377 e. The van der Waals surface area contributed by atoms with Gasteiger partial charge in [0.05, 0.1) is 0 Å². The van der Waals surface area contributed by atoms with E-state index in [9.17, 15) is 4.79 Å². The number of amides is 1. The number of nitrogens with one attached hydrogen (secondary N) is 1. The summed E-state index contributed by atoms with van der Waals surface area (Å²) in [6, 6.07) is 5.99. The van der Waals surface area contributed by atoms with E-state index in [0.29, 0.717) is 13.0 Å². The van der Waals surface area contributed by atoms with E-state index in [2.05, 4.69) is 31.0 Å². The highest BCUT2D eigenvalue weighted by Crippen LogP contribution is 2.27. The minimum atomic E-state index is 0.0636. The highest BCUT2D eigenvalue weighted by Gasteiger charge is 2.18. The maximum atomic E-state index is 12.1. The average Bonchev–Trinajstić information content (AvgIpc) is 2.38. The Kier molecular flexibility index (Phi) is 6.21. The molecule has 0 aliphatic rings. The van der Waals surface area contributed by atoms with Gasteiger partial charge >= 0.3 is 0 Å². The maximum absolute atomic E-state index is 12.1. The van der Waals surface area contributed by atoms with Gasteiger partial charge in [0.2, 0.25) is 5.91 Å². The molecule has 0 unspecified atom stereocenters. The van der Waals surface area contributed by atoms with Gasteiger partial charge in [-0.3, -0.25) is 4.79 Å². The first kappa shape index (κ1) is 17.5. The first-order valence-electron chi connectivity index (χ1n) is 7.53. The lowest BCUT2D eigenvalue weighted by Crippen LogP contribution is -2.20. The summed E-state index contributed by atoms with van der Waals surface area (Å²) >= 11 is 0. The van der Waals surface area contributed by atoms with E-state index in [1.165, 1.54) is 5.56 Å². The molecular weight excluding hydrogens is 262 g/mol. The summed E-state index contributed by atoms with van der Waals surface area (Å²) in [5.41, 5.74) is 8.89. The van der Waals surface area contributed by atoms with Crippen molar-refractivity contribution in [3.63, 3.8) is 0 Å². The molecule has 0 aliphatic heterocycles. The van der Waals surface area contributed by atoms with Gasteiger partial charge in [-0.1, -0.05) is 19.9 Å². The summed E-state index contributed by atoms with van der Waals surface area (Å²) < 4.78 is 0. The fourth-order valence-corrected chi connectivity index (χ4v) is 2.36. The van der Waals surface area contributed by atoms with Crippen molar-refractivity contribution < 1.29 is 4.79 Å². The van der Waals surface area contributed by atoms with Gasteiger partial charge in [0.1, 0.15) is 0 Å². The molecule has 118 valence electrons. The quantitative estimate of drug-likeness (QED) is 0.811. The van der Waals surface area contributed by atoms with Crippen LogP contribution < -0.4 is 16.0 Å². The molecule has 1 rings (SSSR count). The van der Waals surface area contributed by atoms with Gasteiger partial charge < -0.3 is 16.0 Å². The second-order valence-electron chi connectivity index (χ2n) is 6.65. The summed E-state index contributed by atoms with van der Waals surface area (Å²) in [4.78, 5) is 14.1. The van der Waals surface area contributed by atoms with Gasteiger partial charge in [0.25, 0.3) is 0 Å². The van der Waals surface area contributed by atoms with Crippen molar-refractivity contribution in [1.29, 1.82) is 0 Å². The smallest absolute Gasteiger partial charge is 0.224 e. The molecule has 1 aromatic carbocycles. The summed E-state index contributed by atoms with van der Waals surface area (Å²) in [7, 11) is 4.01. The Hall–Kier alpha value is -1.55. The zero-order valence-corrected chi connectivity index (χ0v) is 14.0. The van der Waals surface area contributed by atoms with Crippen LogP contribution in [0.15, 0.2) is 18.2 Å². The molecule has 0 heterocycles. The molecule has 0 saturated carbocycles. The third kappa shape index (κ3) is 5.76. The summed E-state index contributed by atoms with van der Waals surface area (Å²) in [6.07, 6.45) is 2.32. The van der Waals surface area contributed by atoms with E-state index in [0.717, 1.165) is 24.2 Å². The van der Waals surface area contributed by atoms with Crippen molar-refractivity contribution in [2.45, 2.75) is 40.0 Å². The van der Waals surface area contributed by atoms with Gasteiger partial charge in [-0.05, 0) is 49.4 Å². The normalized spacial score (nSPS) is 11.3. The largest absolute Gasteiger partial charge is 0.377 e. The first-order chi connectivity index (χ1) is 9.75. The van der Waals surface area contributed by atoms with Crippen molar-refractivity contribution in [2.75, 3.05) is 30.9 Å². The molecule has 0 aliphatic carbocycles. The Labute approximate surface area is 128 Å². The first-order valence-corrected chi connectivity index (χ1v) is 7.53. The van der Waals surface area contributed by atoms with Crippen molar-refractivity contribution in [1.82, 2.24) is 0 Å². The molecule has 21 heavy (non-hydrogen) atoms. The van der Waals surface area contributed by atoms with Crippen LogP contribution in [0.1, 0.15) is 38.7 Å². The van der Waals surface area contributed by atoms with Crippen molar-refractivity contribution >= 4 is 17.3 Å². The molecule has 0 spiro atoms. The fourth-order valence-electron chi connectivity index (χ4n) is 2.36. The van der Waals surface area contributed by atoms with Gasteiger partial charge in [-0.15, -0.1) is 0 Å². The molecule has 0 radical (unpaired) electrons. The molecule has 1 amide bonds.